The molecule has 1 aromatic carbocycles. The molecule has 2 aromatic heterocycles. The van der Waals surface area contributed by atoms with Gasteiger partial charge in [-0.05, 0) is 89.9 Å². The van der Waals surface area contributed by atoms with Crippen LogP contribution in [0.25, 0.3) is 22.2 Å². The van der Waals surface area contributed by atoms with Gasteiger partial charge in [0.05, 0.1) is 17.5 Å². The molecule has 3 saturated heterocycles. The van der Waals surface area contributed by atoms with Crippen molar-refractivity contribution in [3.05, 3.63) is 41.3 Å². The molecular formula is C34H43FN6O3. The number of ether oxygens (including phenoxy) is 2. The Hall–Kier alpha value is -3.53. The van der Waals surface area contributed by atoms with Crippen molar-refractivity contribution < 1.29 is 18.7 Å². The molecule has 2 bridgehead atoms. The minimum atomic E-state index is -0.562. The molecule has 3 aliphatic heterocycles. The van der Waals surface area contributed by atoms with E-state index in [-0.39, 0.29) is 35.7 Å². The number of pyridine rings is 1. The molecule has 4 aliphatic rings. The molecule has 1 aliphatic carbocycles. The number of carbonyl (C=O) groups excluding carboxylic acids is 1. The lowest BCUT2D eigenvalue weighted by molar-refractivity contribution is 0.0122. The molecule has 7 rings (SSSR count). The second kappa shape index (κ2) is 11.1. The molecule has 3 unspecified atom stereocenters. The number of nitrogens with zero attached hydrogens (tertiary/aromatic N) is 6. The number of hydrogen-bond donors (Lipinski definition) is 0. The number of likely N-dealkylation sites (N-methyl/N-ethyl adjacent to an activating group) is 1. The molecule has 0 N–H and O–H groups in total. The van der Waals surface area contributed by atoms with Crippen LogP contribution in [0.1, 0.15) is 76.8 Å². The second-order valence-electron chi connectivity index (χ2n) is 14.1. The Morgan fingerprint density at radius 3 is 2.57 bits per heavy atom. The molecule has 5 heterocycles. The van der Waals surface area contributed by atoms with E-state index in [1.54, 1.807) is 6.20 Å². The molecule has 44 heavy (non-hydrogen) atoms. The summed E-state index contributed by atoms with van der Waals surface area (Å²) < 4.78 is 28.6. The minimum absolute atomic E-state index is 0.0175. The van der Waals surface area contributed by atoms with Crippen LogP contribution < -0.4 is 9.64 Å². The van der Waals surface area contributed by atoms with E-state index in [1.807, 2.05) is 37.8 Å². The number of piperazine rings is 1. The highest BCUT2D eigenvalue weighted by atomic mass is 19.1. The first-order chi connectivity index (χ1) is 21.1. The lowest BCUT2D eigenvalue weighted by Crippen LogP contribution is -2.57. The van der Waals surface area contributed by atoms with E-state index in [2.05, 4.69) is 34.8 Å². The van der Waals surface area contributed by atoms with Gasteiger partial charge in [0.15, 0.2) is 5.82 Å². The van der Waals surface area contributed by atoms with Crippen LogP contribution in [0.3, 0.4) is 0 Å². The van der Waals surface area contributed by atoms with Crippen LogP contribution in [-0.4, -0.2) is 87.9 Å². The summed E-state index contributed by atoms with van der Waals surface area (Å²) in [5.41, 5.74) is 3.27. The fourth-order valence-electron chi connectivity index (χ4n) is 7.65. The summed E-state index contributed by atoms with van der Waals surface area (Å²) in [6.45, 7) is 10.5. The predicted octanol–water partition coefficient (Wildman–Crippen LogP) is 5.94. The highest BCUT2D eigenvalue weighted by Gasteiger charge is 2.45. The molecule has 234 valence electrons. The van der Waals surface area contributed by atoms with Crippen LogP contribution in [0.4, 0.5) is 15.0 Å². The minimum Gasteiger partial charge on any atom is -0.462 e. The van der Waals surface area contributed by atoms with E-state index in [9.17, 15) is 4.79 Å². The molecule has 0 spiro atoms. The van der Waals surface area contributed by atoms with E-state index >= 15 is 4.39 Å². The Bertz CT molecular complexity index is 1580. The number of aromatic nitrogens is 3. The zero-order chi connectivity index (χ0) is 30.7. The van der Waals surface area contributed by atoms with E-state index < -0.39 is 11.4 Å². The van der Waals surface area contributed by atoms with Crippen molar-refractivity contribution >= 4 is 22.8 Å². The zero-order valence-electron chi connectivity index (χ0n) is 26.5. The summed E-state index contributed by atoms with van der Waals surface area (Å²) in [5.74, 6) is 0.610. The molecule has 10 heteroatoms. The van der Waals surface area contributed by atoms with E-state index in [0.717, 1.165) is 50.6 Å². The number of rotatable bonds is 5. The molecule has 3 fully saturated rings. The predicted molar refractivity (Wildman–Crippen MR) is 168 cm³/mol. The molecule has 0 saturated carbocycles. The quantitative estimate of drug-likeness (QED) is 0.355. The summed E-state index contributed by atoms with van der Waals surface area (Å²) >= 11 is 0. The summed E-state index contributed by atoms with van der Waals surface area (Å²) in [5, 5.41) is 0.558. The molecule has 1 amide bonds. The number of anilines is 1. The maximum absolute atomic E-state index is 16.6. The number of halogens is 1. The van der Waals surface area contributed by atoms with Crippen LogP contribution in [0.15, 0.2) is 24.4 Å². The molecule has 9 nitrogen and oxygen atoms in total. The van der Waals surface area contributed by atoms with Crippen LogP contribution in [0.5, 0.6) is 6.01 Å². The fourth-order valence-corrected chi connectivity index (χ4v) is 7.65. The van der Waals surface area contributed by atoms with Crippen LogP contribution in [-0.2, 0) is 11.2 Å². The molecule has 4 atom stereocenters. The van der Waals surface area contributed by atoms with Crippen molar-refractivity contribution in [3.63, 3.8) is 0 Å². The lowest BCUT2D eigenvalue weighted by Gasteiger charge is -2.42. The van der Waals surface area contributed by atoms with Gasteiger partial charge in [0.1, 0.15) is 29.2 Å². The van der Waals surface area contributed by atoms with Gasteiger partial charge in [-0.1, -0.05) is 25.1 Å². The Morgan fingerprint density at radius 2 is 1.86 bits per heavy atom. The molecule has 0 radical (unpaired) electrons. The van der Waals surface area contributed by atoms with Crippen molar-refractivity contribution in [2.24, 2.45) is 0 Å². The van der Waals surface area contributed by atoms with Gasteiger partial charge in [0.2, 0.25) is 0 Å². The molecular weight excluding hydrogens is 559 g/mol. The molecule has 3 aromatic rings. The Labute approximate surface area is 258 Å². The number of carbonyl (C=O) groups is 1. The maximum atomic E-state index is 16.6. The Balaban J connectivity index is 1.26. The highest BCUT2D eigenvalue weighted by molar-refractivity contribution is 5.92. The van der Waals surface area contributed by atoms with Crippen molar-refractivity contribution in [3.8, 4) is 17.3 Å². The number of hydrogen-bond acceptors (Lipinski definition) is 8. The largest absolute Gasteiger partial charge is 0.462 e. The fraction of sp³-hybridized carbons (Fsp3) is 0.588. The van der Waals surface area contributed by atoms with Crippen molar-refractivity contribution in [2.75, 3.05) is 38.2 Å². The lowest BCUT2D eigenvalue weighted by atomic mass is 9.97. The Kier molecular flexibility index (Phi) is 7.38. The first-order valence-electron chi connectivity index (χ1n) is 16.1. The van der Waals surface area contributed by atoms with Gasteiger partial charge < -0.3 is 19.3 Å². The van der Waals surface area contributed by atoms with Crippen LogP contribution >= 0.6 is 0 Å². The third-order valence-corrected chi connectivity index (χ3v) is 9.93. The van der Waals surface area contributed by atoms with Gasteiger partial charge in [-0.3, -0.25) is 9.88 Å². The first-order valence-corrected chi connectivity index (χ1v) is 16.1. The van der Waals surface area contributed by atoms with E-state index in [1.165, 1.54) is 11.1 Å². The van der Waals surface area contributed by atoms with E-state index in [4.69, 9.17) is 19.4 Å². The SMILES string of the molecule is CC1CCc2c(-c3ncc4c(N5CC6CCC(C5)N6C(=O)OC(C)(C)C)nc(OC[C@@H]5CCCN5C)nc4c3F)cccc21. The standard InChI is InChI=1S/C34H43FN6O3/c1-20-11-14-25-24(20)9-6-10-26(25)29-28(35)30-27(16-36-29)31(38-32(37-30)43-19-23-8-7-15-39(23)5)40-17-21-12-13-22(18-40)41(21)33(42)44-34(2,3)4/h6,9-10,16,20-23H,7-8,11-15,17-19H2,1-5H3/t20?,21?,22?,23-/m0/s1. The van der Waals surface area contributed by atoms with Crippen molar-refractivity contribution in [1.82, 2.24) is 24.8 Å². The normalized spacial score (nSPS) is 25.1. The van der Waals surface area contributed by atoms with Crippen LogP contribution in [0.2, 0.25) is 0 Å². The number of benzene rings is 1. The van der Waals surface area contributed by atoms with Crippen molar-refractivity contribution in [2.45, 2.75) is 95.9 Å². The van der Waals surface area contributed by atoms with Crippen molar-refractivity contribution in [1.29, 1.82) is 0 Å². The average molecular weight is 603 g/mol. The van der Waals surface area contributed by atoms with Gasteiger partial charge in [0, 0.05) is 30.9 Å². The topological polar surface area (TPSA) is 83.9 Å². The summed E-state index contributed by atoms with van der Waals surface area (Å²) in [4.78, 5) is 33.7. The maximum Gasteiger partial charge on any atom is 0.410 e. The second-order valence-corrected chi connectivity index (χ2v) is 14.1. The van der Waals surface area contributed by atoms with Gasteiger partial charge in [-0.15, -0.1) is 0 Å². The summed E-state index contributed by atoms with van der Waals surface area (Å²) in [6.07, 6.45) is 7.36. The third-order valence-electron chi connectivity index (χ3n) is 9.93. The smallest absolute Gasteiger partial charge is 0.410 e. The van der Waals surface area contributed by atoms with E-state index in [0.29, 0.717) is 42.5 Å². The average Bonchev–Trinajstić information content (AvgIpc) is 3.65. The van der Waals surface area contributed by atoms with Gasteiger partial charge >= 0.3 is 12.1 Å². The zero-order valence-corrected chi connectivity index (χ0v) is 26.5. The summed E-state index contributed by atoms with van der Waals surface area (Å²) in [7, 11) is 2.10. The number of fused-ring (bicyclic) bond motifs is 4. The van der Waals surface area contributed by atoms with Gasteiger partial charge in [0.25, 0.3) is 0 Å². The Morgan fingerprint density at radius 1 is 1.09 bits per heavy atom. The monoisotopic (exact) mass is 602 g/mol. The highest BCUT2D eigenvalue weighted by Crippen LogP contribution is 2.41. The van der Waals surface area contributed by atoms with Gasteiger partial charge in [-0.25, -0.2) is 9.18 Å². The van der Waals surface area contributed by atoms with Gasteiger partial charge in [-0.2, -0.15) is 9.97 Å². The van der Waals surface area contributed by atoms with Crippen LogP contribution in [0, 0.1) is 5.82 Å². The first kappa shape index (κ1) is 29.2. The number of likely N-dealkylation sites (tertiary alicyclic amines) is 1. The summed E-state index contributed by atoms with van der Waals surface area (Å²) in [6, 6.07) is 6.53. The third kappa shape index (κ3) is 5.25. The number of amides is 1.